The van der Waals surface area contributed by atoms with E-state index in [2.05, 4.69) is 77.1 Å². The minimum Gasteiger partial charge on any atom is -0.385 e. The molecule has 0 aromatic rings. The lowest BCUT2D eigenvalue weighted by atomic mass is 9.74. The van der Waals surface area contributed by atoms with Crippen LogP contribution < -0.4 is 0 Å². The highest BCUT2D eigenvalue weighted by Crippen LogP contribution is 2.38. The Morgan fingerprint density at radius 1 is 0.833 bits per heavy atom. The third-order valence-electron chi connectivity index (χ3n) is 5.53. The van der Waals surface area contributed by atoms with E-state index in [1.165, 1.54) is 0 Å². The first-order chi connectivity index (χ1) is 10.7. The van der Waals surface area contributed by atoms with E-state index in [0.717, 1.165) is 32.7 Å². The van der Waals surface area contributed by atoms with Gasteiger partial charge < -0.3 is 14.2 Å². The van der Waals surface area contributed by atoms with Crippen LogP contribution >= 0.6 is 0 Å². The molecule has 0 N–H and O–H groups in total. The summed E-state index contributed by atoms with van der Waals surface area (Å²) in [7, 11) is 2.10. The first-order valence-electron chi connectivity index (χ1n) is 9.60. The summed E-state index contributed by atoms with van der Waals surface area (Å²) >= 11 is 0. The fourth-order valence-corrected chi connectivity index (χ4v) is 2.72. The molecule has 0 radical (unpaired) electrons. The normalized spacial score (nSPS) is 15.6. The summed E-state index contributed by atoms with van der Waals surface area (Å²) in [5, 5.41) is 0. The highest BCUT2D eigenvalue weighted by molar-refractivity contribution is 6.13. The maximum absolute atomic E-state index is 6.43. The predicted octanol–water partition coefficient (Wildman–Crippen LogP) is 4.43. The molecule has 0 aliphatic rings. The van der Waals surface area contributed by atoms with Crippen molar-refractivity contribution in [1.29, 1.82) is 0 Å². The van der Waals surface area contributed by atoms with E-state index in [-0.39, 0.29) is 22.1 Å². The van der Waals surface area contributed by atoms with Crippen LogP contribution in [0.3, 0.4) is 0 Å². The van der Waals surface area contributed by atoms with Crippen molar-refractivity contribution < 1.29 is 14.2 Å². The van der Waals surface area contributed by atoms with Crippen molar-refractivity contribution in [3.05, 3.63) is 0 Å². The molecule has 0 aliphatic carbocycles. The molecule has 1 unspecified atom stereocenters. The minimum absolute atomic E-state index is 0.0340. The van der Waals surface area contributed by atoms with Crippen LogP contribution in [0, 0.1) is 11.3 Å². The average molecular weight is 342 g/mol. The van der Waals surface area contributed by atoms with Crippen molar-refractivity contribution in [2.24, 2.45) is 11.3 Å². The Labute approximate surface area is 152 Å². The molecule has 4 heteroatoms. The smallest absolute Gasteiger partial charge is 0.142 e. The zero-order valence-electron chi connectivity index (χ0n) is 18.3. The average Bonchev–Trinajstić information content (AvgIpc) is 2.36. The summed E-state index contributed by atoms with van der Waals surface area (Å²) in [5.41, 5.74) is -0.425. The minimum atomic E-state index is -0.218. The van der Waals surface area contributed by atoms with Gasteiger partial charge in [-0.25, -0.2) is 0 Å². The van der Waals surface area contributed by atoms with Crippen molar-refractivity contribution in [3.8, 4) is 0 Å². The van der Waals surface area contributed by atoms with E-state index in [4.69, 9.17) is 14.2 Å². The van der Waals surface area contributed by atoms with Gasteiger partial charge in [-0.2, -0.15) is 0 Å². The molecule has 0 spiro atoms. The van der Waals surface area contributed by atoms with E-state index in [1.807, 2.05) is 0 Å². The Balaban J connectivity index is 4.74. The fraction of sp³-hybridized carbons (Fsp3) is 1.00. The summed E-state index contributed by atoms with van der Waals surface area (Å²) in [6, 6.07) is 0. The standard InChI is InChI=1S/C20H43BO3/c1-11-16(18(5,6)22-12-2)15-24-19(7,8)17(3,4)13-14-23-20(9,10)21/h16H,11-15,21H2,1-10H3. The van der Waals surface area contributed by atoms with E-state index in [9.17, 15) is 0 Å². The van der Waals surface area contributed by atoms with E-state index in [1.54, 1.807) is 0 Å². The Kier molecular flexibility index (Phi) is 9.03. The Morgan fingerprint density at radius 3 is 1.79 bits per heavy atom. The molecule has 0 aromatic heterocycles. The van der Waals surface area contributed by atoms with Crippen LogP contribution in [0.25, 0.3) is 0 Å². The predicted molar refractivity (Wildman–Crippen MR) is 106 cm³/mol. The van der Waals surface area contributed by atoms with Crippen LogP contribution in [0.15, 0.2) is 0 Å². The summed E-state index contributed by atoms with van der Waals surface area (Å²) < 4.78 is 18.3. The molecule has 144 valence electrons. The van der Waals surface area contributed by atoms with Crippen molar-refractivity contribution in [3.63, 3.8) is 0 Å². The highest BCUT2D eigenvalue weighted by Gasteiger charge is 2.39. The molecule has 1 atom stereocenters. The Morgan fingerprint density at radius 2 is 1.38 bits per heavy atom. The first-order valence-corrected chi connectivity index (χ1v) is 9.60. The molecule has 0 amide bonds. The van der Waals surface area contributed by atoms with Gasteiger partial charge in [-0.05, 0) is 66.7 Å². The molecule has 0 rings (SSSR count). The van der Waals surface area contributed by atoms with E-state index < -0.39 is 0 Å². The molecule has 0 saturated carbocycles. The van der Waals surface area contributed by atoms with Crippen molar-refractivity contribution in [2.45, 2.75) is 98.8 Å². The van der Waals surface area contributed by atoms with Crippen molar-refractivity contribution in [1.82, 2.24) is 0 Å². The van der Waals surface area contributed by atoms with Gasteiger partial charge in [0.1, 0.15) is 7.85 Å². The number of rotatable bonds is 12. The van der Waals surface area contributed by atoms with Gasteiger partial charge in [-0.15, -0.1) is 0 Å². The van der Waals surface area contributed by atoms with Gasteiger partial charge in [0.25, 0.3) is 0 Å². The molecule has 0 fully saturated rings. The fourth-order valence-electron chi connectivity index (χ4n) is 2.72. The first kappa shape index (κ1) is 23.9. The molecule has 0 saturated heterocycles. The maximum Gasteiger partial charge on any atom is 0.142 e. The topological polar surface area (TPSA) is 27.7 Å². The monoisotopic (exact) mass is 342 g/mol. The Bertz CT molecular complexity index is 356. The number of hydrogen-bond donors (Lipinski definition) is 0. The largest absolute Gasteiger partial charge is 0.385 e. The summed E-state index contributed by atoms with van der Waals surface area (Å²) in [4.78, 5) is 0. The van der Waals surface area contributed by atoms with Gasteiger partial charge in [-0.1, -0.05) is 20.8 Å². The lowest BCUT2D eigenvalue weighted by Crippen LogP contribution is -2.46. The van der Waals surface area contributed by atoms with Gasteiger partial charge in [0.05, 0.1) is 17.8 Å². The maximum atomic E-state index is 6.43. The van der Waals surface area contributed by atoms with Crippen LogP contribution in [-0.4, -0.2) is 44.4 Å². The van der Waals surface area contributed by atoms with Crippen molar-refractivity contribution >= 4 is 7.85 Å². The SMILES string of the molecule is BC(C)(C)OCCC(C)(C)C(C)(C)OCC(CC)C(C)(C)OCC. The second-order valence-corrected chi connectivity index (χ2v) is 9.56. The number of ether oxygens (including phenoxy) is 3. The third kappa shape index (κ3) is 7.88. The summed E-state index contributed by atoms with van der Waals surface area (Å²) in [6.07, 6.45) is 2.03. The molecule has 0 aliphatic heterocycles. The number of hydrogen-bond acceptors (Lipinski definition) is 3. The van der Waals surface area contributed by atoms with Gasteiger partial charge in [-0.3, -0.25) is 0 Å². The van der Waals surface area contributed by atoms with E-state index >= 15 is 0 Å². The van der Waals surface area contributed by atoms with Crippen molar-refractivity contribution in [2.75, 3.05) is 19.8 Å². The molecule has 0 aromatic carbocycles. The van der Waals surface area contributed by atoms with Gasteiger partial charge in [0.2, 0.25) is 0 Å². The molecule has 3 nitrogen and oxygen atoms in total. The second-order valence-electron chi connectivity index (χ2n) is 9.56. The van der Waals surface area contributed by atoms with Gasteiger partial charge in [0.15, 0.2) is 0 Å². The molecular weight excluding hydrogens is 299 g/mol. The summed E-state index contributed by atoms with van der Waals surface area (Å²) in [6.45, 7) is 24.0. The second kappa shape index (κ2) is 9.05. The van der Waals surface area contributed by atoms with E-state index in [0.29, 0.717) is 5.92 Å². The molecule has 0 bridgehead atoms. The summed E-state index contributed by atoms with van der Waals surface area (Å²) in [5.74, 6) is 0.387. The lowest BCUT2D eigenvalue weighted by molar-refractivity contribution is -0.149. The van der Waals surface area contributed by atoms with Crippen LogP contribution in [0.1, 0.15) is 82.1 Å². The van der Waals surface area contributed by atoms with Crippen LogP contribution in [0.4, 0.5) is 0 Å². The third-order valence-corrected chi connectivity index (χ3v) is 5.53. The van der Waals surface area contributed by atoms with Crippen LogP contribution in [0.2, 0.25) is 0 Å². The van der Waals surface area contributed by atoms with Gasteiger partial charge >= 0.3 is 0 Å². The lowest BCUT2D eigenvalue weighted by Gasteiger charge is -2.44. The van der Waals surface area contributed by atoms with Gasteiger partial charge in [0, 0.05) is 24.6 Å². The molecule has 0 heterocycles. The zero-order valence-corrected chi connectivity index (χ0v) is 18.3. The molecule has 24 heavy (non-hydrogen) atoms. The Hall–Kier alpha value is -0.0551. The zero-order chi connectivity index (χ0) is 19.2. The quantitative estimate of drug-likeness (QED) is 0.491. The molecular formula is C20H43BO3. The highest BCUT2D eigenvalue weighted by atomic mass is 16.5. The van der Waals surface area contributed by atoms with Crippen LogP contribution in [0.5, 0.6) is 0 Å². The van der Waals surface area contributed by atoms with Crippen LogP contribution in [-0.2, 0) is 14.2 Å².